The highest BCUT2D eigenvalue weighted by Gasteiger charge is 2.21. The van der Waals surface area contributed by atoms with Crippen molar-refractivity contribution >= 4 is 0 Å². The molecule has 0 amide bonds. The van der Waals surface area contributed by atoms with Crippen molar-refractivity contribution in [2.75, 3.05) is 13.2 Å². The molecule has 90 valence electrons. The molecule has 5 nitrogen and oxygen atoms in total. The molecule has 2 heterocycles. The number of hydrazine groups is 1. The van der Waals surface area contributed by atoms with Crippen molar-refractivity contribution in [2.45, 2.75) is 25.3 Å². The van der Waals surface area contributed by atoms with E-state index in [-0.39, 0.29) is 6.04 Å². The highest BCUT2D eigenvalue weighted by molar-refractivity contribution is 5.05. The van der Waals surface area contributed by atoms with Gasteiger partial charge in [-0.1, -0.05) is 0 Å². The Labute approximate surface area is 95.9 Å². The summed E-state index contributed by atoms with van der Waals surface area (Å²) in [5, 5.41) is 4.39. The van der Waals surface area contributed by atoms with Crippen molar-refractivity contribution in [3.63, 3.8) is 0 Å². The zero-order chi connectivity index (χ0) is 11.4. The lowest BCUT2D eigenvalue weighted by atomic mass is 9.91. The van der Waals surface area contributed by atoms with Crippen LogP contribution in [0.25, 0.3) is 0 Å². The summed E-state index contributed by atoms with van der Waals surface area (Å²) in [4.78, 5) is 0. The fraction of sp³-hybridized carbons (Fsp3) is 0.727. The molecule has 1 aromatic heterocycles. The minimum Gasteiger partial charge on any atom is -0.381 e. The minimum absolute atomic E-state index is 0.157. The monoisotopic (exact) mass is 224 g/mol. The number of nitrogens with one attached hydrogen (secondary N) is 1. The molecule has 1 atom stereocenters. The van der Waals surface area contributed by atoms with Gasteiger partial charge in [0, 0.05) is 26.5 Å². The van der Waals surface area contributed by atoms with E-state index in [9.17, 15) is 0 Å². The first-order chi connectivity index (χ1) is 7.79. The first-order valence-electron chi connectivity index (χ1n) is 5.83. The Morgan fingerprint density at radius 2 is 2.38 bits per heavy atom. The van der Waals surface area contributed by atoms with E-state index in [1.807, 2.05) is 24.0 Å². The second-order valence-electron chi connectivity index (χ2n) is 4.42. The first kappa shape index (κ1) is 11.6. The Kier molecular flexibility index (Phi) is 3.93. The Hall–Kier alpha value is -0.910. The van der Waals surface area contributed by atoms with Crippen molar-refractivity contribution in [3.8, 4) is 0 Å². The highest BCUT2D eigenvalue weighted by Crippen LogP contribution is 2.26. The molecule has 1 aliphatic rings. The van der Waals surface area contributed by atoms with E-state index in [0.29, 0.717) is 5.92 Å². The van der Waals surface area contributed by atoms with Gasteiger partial charge in [-0.25, -0.2) is 0 Å². The molecule has 0 spiro atoms. The van der Waals surface area contributed by atoms with Crippen LogP contribution in [0.3, 0.4) is 0 Å². The van der Waals surface area contributed by atoms with Crippen molar-refractivity contribution in [3.05, 3.63) is 18.0 Å². The molecule has 5 heteroatoms. The molecule has 1 aliphatic heterocycles. The normalized spacial score (nSPS) is 19.9. The predicted molar refractivity (Wildman–Crippen MR) is 61.4 cm³/mol. The number of hydrogen-bond donors (Lipinski definition) is 2. The quantitative estimate of drug-likeness (QED) is 0.585. The standard InChI is InChI=1S/C11H20N4O/c1-15-5-2-10(14-15)11(13-12)8-9-3-6-16-7-4-9/h2,5,9,11,13H,3-4,6-8,12H2,1H3. The zero-order valence-corrected chi connectivity index (χ0v) is 9.72. The van der Waals surface area contributed by atoms with E-state index >= 15 is 0 Å². The summed E-state index contributed by atoms with van der Waals surface area (Å²) >= 11 is 0. The van der Waals surface area contributed by atoms with Crippen molar-refractivity contribution in [1.29, 1.82) is 0 Å². The van der Waals surface area contributed by atoms with Crippen LogP contribution in [0, 0.1) is 5.92 Å². The molecule has 3 N–H and O–H groups in total. The molecule has 0 aliphatic carbocycles. The van der Waals surface area contributed by atoms with Gasteiger partial charge >= 0.3 is 0 Å². The second-order valence-corrected chi connectivity index (χ2v) is 4.42. The third-order valence-corrected chi connectivity index (χ3v) is 3.20. The van der Waals surface area contributed by atoms with Crippen LogP contribution < -0.4 is 11.3 Å². The SMILES string of the molecule is Cn1ccc(C(CC2CCOCC2)NN)n1. The molecule has 16 heavy (non-hydrogen) atoms. The van der Waals surface area contributed by atoms with Crippen molar-refractivity contribution in [2.24, 2.45) is 18.8 Å². The lowest BCUT2D eigenvalue weighted by Crippen LogP contribution is -2.31. The highest BCUT2D eigenvalue weighted by atomic mass is 16.5. The van der Waals surface area contributed by atoms with Crippen LogP contribution in [0.4, 0.5) is 0 Å². The van der Waals surface area contributed by atoms with Crippen LogP contribution in [0.5, 0.6) is 0 Å². The van der Waals surface area contributed by atoms with Crippen LogP contribution in [-0.2, 0) is 11.8 Å². The van der Waals surface area contributed by atoms with Gasteiger partial charge in [0.25, 0.3) is 0 Å². The Bertz CT molecular complexity index is 320. The fourth-order valence-electron chi connectivity index (χ4n) is 2.21. The van der Waals surface area contributed by atoms with E-state index < -0.39 is 0 Å². The number of hydrogen-bond acceptors (Lipinski definition) is 4. The fourth-order valence-corrected chi connectivity index (χ4v) is 2.21. The maximum atomic E-state index is 5.60. The van der Waals surface area contributed by atoms with Gasteiger partial charge < -0.3 is 4.74 Å². The van der Waals surface area contributed by atoms with Gasteiger partial charge in [0.15, 0.2) is 0 Å². The molecule has 1 fully saturated rings. The van der Waals surface area contributed by atoms with Crippen LogP contribution in [0.1, 0.15) is 31.0 Å². The van der Waals surface area contributed by atoms with Gasteiger partial charge in [-0.2, -0.15) is 5.10 Å². The van der Waals surface area contributed by atoms with Crippen molar-refractivity contribution in [1.82, 2.24) is 15.2 Å². The summed E-state index contributed by atoms with van der Waals surface area (Å²) in [6.45, 7) is 1.76. The number of ether oxygens (including phenoxy) is 1. The van der Waals surface area contributed by atoms with E-state index in [1.165, 1.54) is 0 Å². The zero-order valence-electron chi connectivity index (χ0n) is 9.72. The topological polar surface area (TPSA) is 65.1 Å². The van der Waals surface area contributed by atoms with Gasteiger partial charge in [0.1, 0.15) is 0 Å². The number of nitrogens with two attached hydrogens (primary N) is 1. The Morgan fingerprint density at radius 1 is 1.62 bits per heavy atom. The maximum absolute atomic E-state index is 5.60. The number of rotatable bonds is 4. The van der Waals surface area contributed by atoms with E-state index in [4.69, 9.17) is 10.6 Å². The van der Waals surface area contributed by atoms with E-state index in [1.54, 1.807) is 0 Å². The average Bonchev–Trinajstić information content (AvgIpc) is 2.74. The third-order valence-electron chi connectivity index (χ3n) is 3.20. The second kappa shape index (κ2) is 5.43. The van der Waals surface area contributed by atoms with E-state index in [0.717, 1.165) is 38.2 Å². The molecule has 1 unspecified atom stereocenters. The molecule has 0 bridgehead atoms. The minimum atomic E-state index is 0.157. The Balaban J connectivity index is 1.94. The largest absolute Gasteiger partial charge is 0.381 e. The van der Waals surface area contributed by atoms with Gasteiger partial charge in [-0.3, -0.25) is 16.0 Å². The summed E-state index contributed by atoms with van der Waals surface area (Å²) in [5.74, 6) is 6.29. The Morgan fingerprint density at radius 3 is 2.94 bits per heavy atom. The van der Waals surface area contributed by atoms with Crippen molar-refractivity contribution < 1.29 is 4.74 Å². The lowest BCUT2D eigenvalue weighted by molar-refractivity contribution is 0.0603. The summed E-state index contributed by atoms with van der Waals surface area (Å²) in [7, 11) is 1.92. The summed E-state index contributed by atoms with van der Waals surface area (Å²) in [6, 6.07) is 2.17. The average molecular weight is 224 g/mol. The number of aryl methyl sites for hydroxylation is 1. The van der Waals surface area contributed by atoms with Gasteiger partial charge in [-0.15, -0.1) is 0 Å². The molecule has 1 saturated heterocycles. The molecular weight excluding hydrogens is 204 g/mol. The number of aromatic nitrogens is 2. The molecule has 0 aromatic carbocycles. The van der Waals surface area contributed by atoms with Crippen LogP contribution >= 0.6 is 0 Å². The summed E-state index contributed by atoms with van der Waals surface area (Å²) < 4.78 is 7.16. The molecule has 2 rings (SSSR count). The van der Waals surface area contributed by atoms with Gasteiger partial charge in [0.2, 0.25) is 0 Å². The van der Waals surface area contributed by atoms with Crippen LogP contribution in [0.15, 0.2) is 12.3 Å². The summed E-state index contributed by atoms with van der Waals surface area (Å²) in [6.07, 6.45) is 5.25. The smallest absolute Gasteiger partial charge is 0.0807 e. The molecule has 0 saturated carbocycles. The van der Waals surface area contributed by atoms with Gasteiger partial charge in [-0.05, 0) is 31.2 Å². The lowest BCUT2D eigenvalue weighted by Gasteiger charge is -2.25. The van der Waals surface area contributed by atoms with E-state index in [2.05, 4.69) is 10.5 Å². The van der Waals surface area contributed by atoms with Crippen LogP contribution in [-0.4, -0.2) is 23.0 Å². The molecule has 1 aromatic rings. The summed E-state index contributed by atoms with van der Waals surface area (Å²) in [5.41, 5.74) is 3.89. The predicted octanol–water partition coefficient (Wildman–Crippen LogP) is 0.741. The molecular formula is C11H20N4O. The molecule has 0 radical (unpaired) electrons. The van der Waals surface area contributed by atoms with Crippen LogP contribution in [0.2, 0.25) is 0 Å². The number of nitrogens with zero attached hydrogens (tertiary/aromatic N) is 2. The maximum Gasteiger partial charge on any atom is 0.0807 e. The third kappa shape index (κ3) is 2.81. The first-order valence-corrected chi connectivity index (χ1v) is 5.83. The van der Waals surface area contributed by atoms with Gasteiger partial charge in [0.05, 0.1) is 11.7 Å².